The standard InChI is InChI=1S/C10H13BrN2O/c1-12-10(14)13-7-6-8-4-2-3-5-9(8)11/h2-5H,6-7H2,1H3,(H2,12,13,14). The van der Waals surface area contributed by atoms with Crippen molar-refractivity contribution >= 4 is 22.0 Å². The van der Waals surface area contributed by atoms with Gasteiger partial charge in [0.1, 0.15) is 0 Å². The van der Waals surface area contributed by atoms with Crippen molar-refractivity contribution in [1.82, 2.24) is 10.6 Å². The molecule has 0 radical (unpaired) electrons. The molecule has 0 atom stereocenters. The van der Waals surface area contributed by atoms with Crippen LogP contribution in [0, 0.1) is 0 Å². The fourth-order valence-corrected chi connectivity index (χ4v) is 1.58. The van der Waals surface area contributed by atoms with Gasteiger partial charge in [-0.1, -0.05) is 34.1 Å². The van der Waals surface area contributed by atoms with Gasteiger partial charge in [-0.3, -0.25) is 0 Å². The van der Waals surface area contributed by atoms with Crippen LogP contribution in [0.1, 0.15) is 5.56 Å². The summed E-state index contributed by atoms with van der Waals surface area (Å²) in [5.74, 6) is 0. The highest BCUT2D eigenvalue weighted by molar-refractivity contribution is 9.10. The number of halogens is 1. The molecule has 2 amide bonds. The van der Waals surface area contributed by atoms with Crippen LogP contribution in [-0.2, 0) is 6.42 Å². The molecule has 3 nitrogen and oxygen atoms in total. The van der Waals surface area contributed by atoms with E-state index in [0.717, 1.165) is 10.9 Å². The molecule has 14 heavy (non-hydrogen) atoms. The quantitative estimate of drug-likeness (QED) is 0.853. The molecule has 0 aliphatic heterocycles. The smallest absolute Gasteiger partial charge is 0.314 e. The molecule has 0 spiro atoms. The minimum atomic E-state index is -0.142. The fraction of sp³-hybridized carbons (Fsp3) is 0.300. The molecule has 1 rings (SSSR count). The van der Waals surface area contributed by atoms with Gasteiger partial charge in [-0.05, 0) is 18.1 Å². The Labute approximate surface area is 92.0 Å². The van der Waals surface area contributed by atoms with Crippen LogP contribution in [0.25, 0.3) is 0 Å². The Kier molecular flexibility index (Phi) is 4.46. The lowest BCUT2D eigenvalue weighted by Crippen LogP contribution is -2.34. The molecule has 76 valence electrons. The summed E-state index contributed by atoms with van der Waals surface area (Å²) in [7, 11) is 1.60. The lowest BCUT2D eigenvalue weighted by Gasteiger charge is -2.05. The molecule has 0 fully saturated rings. The van der Waals surface area contributed by atoms with Crippen molar-refractivity contribution in [1.29, 1.82) is 0 Å². The number of urea groups is 1. The molecule has 1 aromatic carbocycles. The van der Waals surface area contributed by atoms with E-state index in [1.807, 2.05) is 24.3 Å². The summed E-state index contributed by atoms with van der Waals surface area (Å²) in [6.45, 7) is 0.641. The van der Waals surface area contributed by atoms with Crippen LogP contribution in [0.15, 0.2) is 28.7 Å². The SMILES string of the molecule is CNC(=O)NCCc1ccccc1Br. The zero-order chi connectivity index (χ0) is 10.4. The third-order valence-electron chi connectivity index (χ3n) is 1.86. The number of benzene rings is 1. The first-order valence-electron chi connectivity index (χ1n) is 4.43. The number of carbonyl (C=O) groups is 1. The lowest BCUT2D eigenvalue weighted by atomic mass is 10.1. The summed E-state index contributed by atoms with van der Waals surface area (Å²) in [4.78, 5) is 10.9. The van der Waals surface area contributed by atoms with Crippen LogP contribution < -0.4 is 10.6 Å². The van der Waals surface area contributed by atoms with Crippen LogP contribution in [0.4, 0.5) is 4.79 Å². The van der Waals surface area contributed by atoms with E-state index in [1.165, 1.54) is 5.56 Å². The van der Waals surface area contributed by atoms with Crippen molar-refractivity contribution in [3.63, 3.8) is 0 Å². The molecular weight excluding hydrogens is 244 g/mol. The van der Waals surface area contributed by atoms with Gasteiger partial charge in [-0.2, -0.15) is 0 Å². The normalized spacial score (nSPS) is 9.57. The Morgan fingerprint density at radius 2 is 2.14 bits per heavy atom. The van der Waals surface area contributed by atoms with Crippen LogP contribution in [0.2, 0.25) is 0 Å². The van der Waals surface area contributed by atoms with Gasteiger partial charge in [0.2, 0.25) is 0 Å². The van der Waals surface area contributed by atoms with Gasteiger partial charge < -0.3 is 10.6 Å². The highest BCUT2D eigenvalue weighted by Gasteiger charge is 1.99. The third-order valence-corrected chi connectivity index (χ3v) is 2.64. The van der Waals surface area contributed by atoms with Gasteiger partial charge in [0.15, 0.2) is 0 Å². The summed E-state index contributed by atoms with van der Waals surface area (Å²) in [6.07, 6.45) is 0.828. The van der Waals surface area contributed by atoms with Crippen LogP contribution in [-0.4, -0.2) is 19.6 Å². The molecular formula is C10H13BrN2O. The summed E-state index contributed by atoms with van der Waals surface area (Å²) in [5.41, 5.74) is 1.20. The molecule has 0 bridgehead atoms. The minimum Gasteiger partial charge on any atom is -0.341 e. The molecule has 4 heteroatoms. The van der Waals surface area contributed by atoms with Crippen molar-refractivity contribution in [2.24, 2.45) is 0 Å². The molecule has 1 aromatic rings. The third kappa shape index (κ3) is 3.38. The highest BCUT2D eigenvalue weighted by atomic mass is 79.9. The predicted molar refractivity (Wildman–Crippen MR) is 60.3 cm³/mol. The Bertz CT molecular complexity index is 315. The molecule has 0 aliphatic rings. The Morgan fingerprint density at radius 1 is 1.43 bits per heavy atom. The van der Waals surface area contributed by atoms with Crippen molar-refractivity contribution in [2.75, 3.05) is 13.6 Å². The van der Waals surface area contributed by atoms with Gasteiger partial charge in [0.25, 0.3) is 0 Å². The first-order chi connectivity index (χ1) is 6.74. The average Bonchev–Trinajstić information content (AvgIpc) is 2.20. The summed E-state index contributed by atoms with van der Waals surface area (Å²) in [5, 5.41) is 5.24. The van der Waals surface area contributed by atoms with Crippen molar-refractivity contribution < 1.29 is 4.79 Å². The zero-order valence-corrected chi connectivity index (χ0v) is 9.60. The van der Waals surface area contributed by atoms with E-state index < -0.39 is 0 Å². The van der Waals surface area contributed by atoms with Crippen LogP contribution >= 0.6 is 15.9 Å². The van der Waals surface area contributed by atoms with Gasteiger partial charge in [-0.15, -0.1) is 0 Å². The minimum absolute atomic E-state index is 0.142. The van der Waals surface area contributed by atoms with Crippen LogP contribution in [0.3, 0.4) is 0 Å². The van der Waals surface area contributed by atoms with Gasteiger partial charge >= 0.3 is 6.03 Å². The second kappa shape index (κ2) is 5.65. The van der Waals surface area contributed by atoms with E-state index >= 15 is 0 Å². The van der Waals surface area contributed by atoms with Crippen molar-refractivity contribution in [3.8, 4) is 0 Å². The second-order valence-electron chi connectivity index (χ2n) is 2.85. The first-order valence-corrected chi connectivity index (χ1v) is 5.22. The van der Waals surface area contributed by atoms with Gasteiger partial charge in [0.05, 0.1) is 0 Å². The molecule has 0 aromatic heterocycles. The van der Waals surface area contributed by atoms with E-state index in [0.29, 0.717) is 6.54 Å². The topological polar surface area (TPSA) is 41.1 Å². The molecule has 2 N–H and O–H groups in total. The molecule has 0 unspecified atom stereocenters. The second-order valence-corrected chi connectivity index (χ2v) is 3.70. The van der Waals surface area contributed by atoms with E-state index in [9.17, 15) is 4.79 Å². The molecule has 0 saturated carbocycles. The van der Waals surface area contributed by atoms with E-state index in [1.54, 1.807) is 7.05 Å². The number of amides is 2. The molecule has 0 aliphatic carbocycles. The average molecular weight is 257 g/mol. The number of carbonyl (C=O) groups excluding carboxylic acids is 1. The number of rotatable bonds is 3. The molecule has 0 saturated heterocycles. The summed E-state index contributed by atoms with van der Waals surface area (Å²) in [6, 6.07) is 7.85. The van der Waals surface area contributed by atoms with E-state index in [-0.39, 0.29) is 6.03 Å². The monoisotopic (exact) mass is 256 g/mol. The van der Waals surface area contributed by atoms with Crippen LogP contribution in [0.5, 0.6) is 0 Å². The Hall–Kier alpha value is -1.03. The maximum Gasteiger partial charge on any atom is 0.314 e. The number of hydrogen-bond donors (Lipinski definition) is 2. The Balaban J connectivity index is 2.39. The van der Waals surface area contributed by atoms with Gasteiger partial charge in [-0.25, -0.2) is 4.79 Å². The fourth-order valence-electron chi connectivity index (χ4n) is 1.10. The highest BCUT2D eigenvalue weighted by Crippen LogP contribution is 2.15. The largest absolute Gasteiger partial charge is 0.341 e. The lowest BCUT2D eigenvalue weighted by molar-refractivity contribution is 0.243. The maximum atomic E-state index is 10.9. The summed E-state index contributed by atoms with van der Waals surface area (Å²) >= 11 is 3.45. The maximum absolute atomic E-state index is 10.9. The van der Waals surface area contributed by atoms with Crippen molar-refractivity contribution in [2.45, 2.75) is 6.42 Å². The van der Waals surface area contributed by atoms with E-state index in [2.05, 4.69) is 26.6 Å². The zero-order valence-electron chi connectivity index (χ0n) is 8.01. The predicted octanol–water partition coefficient (Wildman–Crippen LogP) is 1.92. The van der Waals surface area contributed by atoms with Crippen molar-refractivity contribution in [3.05, 3.63) is 34.3 Å². The number of nitrogens with one attached hydrogen (secondary N) is 2. The first kappa shape index (κ1) is 11.0. The number of hydrogen-bond acceptors (Lipinski definition) is 1. The van der Waals surface area contributed by atoms with E-state index in [4.69, 9.17) is 0 Å². The molecule has 0 heterocycles. The Morgan fingerprint density at radius 3 is 2.79 bits per heavy atom. The van der Waals surface area contributed by atoms with Gasteiger partial charge in [0, 0.05) is 18.1 Å². The summed E-state index contributed by atoms with van der Waals surface area (Å²) < 4.78 is 1.08.